The number of anilines is 3. The highest BCUT2D eigenvalue weighted by Gasteiger charge is 2.17. The van der Waals surface area contributed by atoms with E-state index in [0.29, 0.717) is 24.0 Å². The first-order valence-corrected chi connectivity index (χ1v) is 7.08. The second-order valence-electron chi connectivity index (χ2n) is 5.57. The Labute approximate surface area is 115 Å². The smallest absolute Gasteiger partial charge is 0.231 e. The number of hydrogen-bond donors (Lipinski definition) is 2. The summed E-state index contributed by atoms with van der Waals surface area (Å²) < 4.78 is 0. The Bertz CT molecular complexity index is 383. The summed E-state index contributed by atoms with van der Waals surface area (Å²) in [7, 11) is 0. The minimum atomic E-state index is 0.306. The van der Waals surface area contributed by atoms with Gasteiger partial charge in [-0.2, -0.15) is 15.0 Å². The largest absolute Gasteiger partial charge is 0.352 e. The van der Waals surface area contributed by atoms with Crippen molar-refractivity contribution in [1.29, 1.82) is 0 Å². The number of hydrogen-bond acceptors (Lipinski definition) is 6. The van der Waals surface area contributed by atoms with E-state index in [2.05, 4.69) is 58.2 Å². The van der Waals surface area contributed by atoms with Gasteiger partial charge in [-0.15, -0.1) is 0 Å². The highest BCUT2D eigenvalue weighted by Crippen LogP contribution is 2.19. The van der Waals surface area contributed by atoms with Gasteiger partial charge in [-0.05, 0) is 40.5 Å². The molecule has 0 atom stereocenters. The van der Waals surface area contributed by atoms with Crippen molar-refractivity contribution in [2.45, 2.75) is 52.6 Å². The van der Waals surface area contributed by atoms with E-state index < -0.39 is 0 Å². The van der Waals surface area contributed by atoms with Crippen molar-refractivity contribution in [3.63, 3.8) is 0 Å². The molecular weight excluding hydrogens is 240 g/mol. The van der Waals surface area contributed by atoms with Gasteiger partial charge in [-0.3, -0.25) is 0 Å². The Morgan fingerprint density at radius 1 is 0.842 bits per heavy atom. The monoisotopic (exact) mass is 264 g/mol. The van der Waals surface area contributed by atoms with Gasteiger partial charge >= 0.3 is 0 Å². The predicted molar refractivity (Wildman–Crippen MR) is 78.8 cm³/mol. The van der Waals surface area contributed by atoms with Crippen LogP contribution in [0, 0.1) is 0 Å². The number of rotatable bonds is 5. The van der Waals surface area contributed by atoms with E-state index in [1.54, 1.807) is 0 Å². The van der Waals surface area contributed by atoms with E-state index >= 15 is 0 Å². The normalized spacial score (nSPS) is 15.4. The molecule has 0 aliphatic carbocycles. The van der Waals surface area contributed by atoms with Gasteiger partial charge in [0.05, 0.1) is 0 Å². The molecule has 0 radical (unpaired) electrons. The molecule has 1 aliphatic heterocycles. The molecule has 1 aromatic heterocycles. The van der Waals surface area contributed by atoms with Crippen molar-refractivity contribution in [2.75, 3.05) is 28.6 Å². The highest BCUT2D eigenvalue weighted by molar-refractivity contribution is 5.44. The summed E-state index contributed by atoms with van der Waals surface area (Å²) in [6, 6.07) is 0.612. The molecule has 0 aromatic carbocycles. The zero-order chi connectivity index (χ0) is 13.8. The molecule has 1 aromatic rings. The van der Waals surface area contributed by atoms with Crippen molar-refractivity contribution in [3.05, 3.63) is 0 Å². The average molecular weight is 264 g/mol. The molecule has 1 fully saturated rings. The topological polar surface area (TPSA) is 66.0 Å². The summed E-state index contributed by atoms with van der Waals surface area (Å²) in [5, 5.41) is 6.51. The van der Waals surface area contributed by atoms with Crippen molar-refractivity contribution < 1.29 is 0 Å². The molecule has 0 spiro atoms. The van der Waals surface area contributed by atoms with Crippen LogP contribution in [0.25, 0.3) is 0 Å². The van der Waals surface area contributed by atoms with Crippen LogP contribution in [0.15, 0.2) is 0 Å². The second-order valence-corrected chi connectivity index (χ2v) is 5.57. The van der Waals surface area contributed by atoms with E-state index in [1.165, 1.54) is 12.8 Å². The van der Waals surface area contributed by atoms with Gasteiger partial charge < -0.3 is 15.5 Å². The molecule has 0 amide bonds. The minimum Gasteiger partial charge on any atom is -0.352 e. The van der Waals surface area contributed by atoms with Crippen LogP contribution in [0.5, 0.6) is 0 Å². The van der Waals surface area contributed by atoms with Gasteiger partial charge in [0.1, 0.15) is 0 Å². The zero-order valence-electron chi connectivity index (χ0n) is 12.3. The van der Waals surface area contributed by atoms with Crippen LogP contribution < -0.4 is 15.5 Å². The lowest BCUT2D eigenvalue weighted by atomic mass is 10.4. The Balaban J connectivity index is 2.24. The first-order valence-electron chi connectivity index (χ1n) is 7.08. The first kappa shape index (κ1) is 13.8. The van der Waals surface area contributed by atoms with E-state index in [-0.39, 0.29) is 0 Å². The van der Waals surface area contributed by atoms with Crippen LogP contribution in [-0.4, -0.2) is 40.1 Å². The van der Waals surface area contributed by atoms with Gasteiger partial charge in [0.15, 0.2) is 0 Å². The molecule has 6 heteroatoms. The van der Waals surface area contributed by atoms with Crippen molar-refractivity contribution >= 4 is 17.8 Å². The van der Waals surface area contributed by atoms with Crippen LogP contribution in [0.4, 0.5) is 17.8 Å². The minimum absolute atomic E-state index is 0.306. The third kappa shape index (κ3) is 3.94. The second kappa shape index (κ2) is 6.04. The lowest BCUT2D eigenvalue weighted by molar-refractivity contribution is 0.823. The Kier molecular flexibility index (Phi) is 4.39. The molecule has 106 valence electrons. The van der Waals surface area contributed by atoms with Gasteiger partial charge in [-0.25, -0.2) is 0 Å². The van der Waals surface area contributed by atoms with Crippen LogP contribution in [0.1, 0.15) is 40.5 Å². The molecule has 2 heterocycles. The lowest BCUT2D eigenvalue weighted by Crippen LogP contribution is -2.24. The Hall–Kier alpha value is -1.59. The molecule has 0 bridgehead atoms. The maximum absolute atomic E-state index is 4.52. The maximum Gasteiger partial charge on any atom is 0.231 e. The van der Waals surface area contributed by atoms with Gasteiger partial charge in [-0.1, -0.05) is 0 Å². The molecule has 1 aliphatic rings. The molecule has 0 unspecified atom stereocenters. The summed E-state index contributed by atoms with van der Waals surface area (Å²) in [5.74, 6) is 2.07. The highest BCUT2D eigenvalue weighted by atomic mass is 15.3. The van der Waals surface area contributed by atoms with Crippen molar-refractivity contribution in [1.82, 2.24) is 15.0 Å². The average Bonchev–Trinajstić information content (AvgIpc) is 2.79. The van der Waals surface area contributed by atoms with Crippen molar-refractivity contribution in [2.24, 2.45) is 0 Å². The Morgan fingerprint density at radius 2 is 1.32 bits per heavy atom. The number of aromatic nitrogens is 3. The van der Waals surface area contributed by atoms with Gasteiger partial charge in [0.2, 0.25) is 17.8 Å². The van der Waals surface area contributed by atoms with E-state index in [4.69, 9.17) is 0 Å². The van der Waals surface area contributed by atoms with E-state index in [9.17, 15) is 0 Å². The molecule has 1 saturated heterocycles. The first-order chi connectivity index (χ1) is 9.04. The Morgan fingerprint density at radius 3 is 1.74 bits per heavy atom. The summed E-state index contributed by atoms with van der Waals surface area (Å²) >= 11 is 0. The van der Waals surface area contributed by atoms with Gasteiger partial charge in [0.25, 0.3) is 0 Å². The molecule has 2 rings (SSSR count). The third-order valence-electron chi connectivity index (χ3n) is 2.85. The fraction of sp³-hybridized carbons (Fsp3) is 0.769. The number of nitrogens with one attached hydrogen (secondary N) is 2. The SMILES string of the molecule is CC(C)Nc1nc(NC(C)C)nc(N2CCCC2)n1. The molecular formula is C13H24N6. The summed E-state index contributed by atoms with van der Waals surface area (Å²) in [6.45, 7) is 10.4. The fourth-order valence-electron chi connectivity index (χ4n) is 2.07. The quantitative estimate of drug-likeness (QED) is 0.849. The standard InChI is InChI=1S/C13H24N6/c1-9(2)14-11-16-12(15-10(3)4)18-13(17-11)19-7-5-6-8-19/h9-10H,5-8H2,1-4H3,(H2,14,15,16,17,18). The van der Waals surface area contributed by atoms with Crippen LogP contribution in [-0.2, 0) is 0 Å². The summed E-state index contributed by atoms with van der Waals surface area (Å²) in [6.07, 6.45) is 2.43. The lowest BCUT2D eigenvalue weighted by Gasteiger charge is -2.18. The molecule has 6 nitrogen and oxygen atoms in total. The molecule has 19 heavy (non-hydrogen) atoms. The fourth-order valence-corrected chi connectivity index (χ4v) is 2.07. The molecule has 0 saturated carbocycles. The van der Waals surface area contributed by atoms with Crippen LogP contribution in [0.3, 0.4) is 0 Å². The van der Waals surface area contributed by atoms with Crippen LogP contribution >= 0.6 is 0 Å². The van der Waals surface area contributed by atoms with E-state index in [0.717, 1.165) is 19.0 Å². The van der Waals surface area contributed by atoms with Crippen molar-refractivity contribution in [3.8, 4) is 0 Å². The summed E-state index contributed by atoms with van der Waals surface area (Å²) in [5.41, 5.74) is 0. The number of nitrogens with zero attached hydrogens (tertiary/aromatic N) is 4. The van der Waals surface area contributed by atoms with Gasteiger partial charge in [0, 0.05) is 25.2 Å². The zero-order valence-corrected chi connectivity index (χ0v) is 12.3. The third-order valence-corrected chi connectivity index (χ3v) is 2.85. The maximum atomic E-state index is 4.52. The van der Waals surface area contributed by atoms with E-state index in [1.807, 2.05) is 0 Å². The van der Waals surface area contributed by atoms with Crippen LogP contribution in [0.2, 0.25) is 0 Å². The molecule has 2 N–H and O–H groups in total. The predicted octanol–water partition coefficient (Wildman–Crippen LogP) is 2.11. The summed E-state index contributed by atoms with van der Waals surface area (Å²) in [4.78, 5) is 15.7.